The molecule has 2 fully saturated rings. The second-order valence-electron chi connectivity index (χ2n) is 9.68. The van der Waals surface area contributed by atoms with Crippen LogP contribution in [-0.4, -0.2) is 68.4 Å². The third-order valence-electron chi connectivity index (χ3n) is 6.50. The molecule has 2 aliphatic rings. The molecule has 1 atom stereocenters. The molecule has 1 unspecified atom stereocenters. The van der Waals surface area contributed by atoms with E-state index >= 15 is 4.39 Å². The van der Waals surface area contributed by atoms with Crippen molar-refractivity contribution in [3.05, 3.63) is 58.9 Å². The Hall–Kier alpha value is -2.93. The predicted octanol–water partition coefficient (Wildman–Crippen LogP) is 4.01. The molecule has 1 aromatic heterocycles. The van der Waals surface area contributed by atoms with Crippen LogP contribution in [0.15, 0.2) is 48.3 Å². The van der Waals surface area contributed by atoms with E-state index in [9.17, 15) is 18.0 Å². The van der Waals surface area contributed by atoms with Crippen LogP contribution < -0.4 is 10.6 Å². The number of sulfonamides is 1. The van der Waals surface area contributed by atoms with Crippen molar-refractivity contribution in [2.75, 3.05) is 32.8 Å². The number of unbranched alkanes of at least 4 members (excludes halogenated alkanes) is 1. The molecule has 1 aromatic carbocycles. The average molecular weight is 591 g/mol. The molecular weight excluding hydrogens is 555 g/mol. The van der Waals surface area contributed by atoms with Crippen LogP contribution in [0.3, 0.4) is 0 Å². The number of carbonyl (C=O) groups is 2. The number of morpholine rings is 1. The Morgan fingerprint density at radius 3 is 2.70 bits per heavy atom. The summed E-state index contributed by atoms with van der Waals surface area (Å²) in [6.45, 7) is 4.16. The van der Waals surface area contributed by atoms with Gasteiger partial charge in [0.25, 0.3) is 0 Å². The van der Waals surface area contributed by atoms with Gasteiger partial charge in [-0.25, -0.2) is 17.8 Å². The predicted molar refractivity (Wildman–Crippen MR) is 155 cm³/mol. The van der Waals surface area contributed by atoms with Crippen LogP contribution in [-0.2, 0) is 24.3 Å². The fourth-order valence-corrected chi connectivity index (χ4v) is 7.31. The third kappa shape index (κ3) is 7.42. The van der Waals surface area contributed by atoms with E-state index in [0.29, 0.717) is 27.8 Å². The number of amides is 2. The zero-order valence-electron chi connectivity index (χ0n) is 22.7. The zero-order chi connectivity index (χ0) is 28.7. The van der Waals surface area contributed by atoms with E-state index in [4.69, 9.17) is 4.74 Å². The van der Waals surface area contributed by atoms with E-state index < -0.39 is 21.2 Å². The van der Waals surface area contributed by atoms with Crippen LogP contribution in [0.2, 0.25) is 0 Å². The van der Waals surface area contributed by atoms with Gasteiger partial charge >= 0.3 is 0 Å². The van der Waals surface area contributed by atoms with E-state index in [0.717, 1.165) is 30.6 Å². The van der Waals surface area contributed by atoms with E-state index in [1.54, 1.807) is 42.5 Å². The number of thiazole rings is 1. The fraction of sp³-hybridized carbons (Fsp3) is 0.464. The summed E-state index contributed by atoms with van der Waals surface area (Å²) in [4.78, 5) is 30.1. The molecule has 12 heteroatoms. The highest BCUT2D eigenvalue weighted by Crippen LogP contribution is 2.35. The minimum Gasteiger partial charge on any atom is -0.379 e. The second kappa shape index (κ2) is 13.6. The molecule has 0 bridgehead atoms. The fourth-order valence-electron chi connectivity index (χ4n) is 4.20. The van der Waals surface area contributed by atoms with Gasteiger partial charge in [-0.15, -0.1) is 11.3 Å². The highest BCUT2D eigenvalue weighted by molar-refractivity contribution is 7.90. The maximum Gasteiger partial charge on any atom is 0.247 e. The average Bonchev–Trinajstić information content (AvgIpc) is 3.66. The summed E-state index contributed by atoms with van der Waals surface area (Å²) in [5.74, 6) is -1.54. The standard InChI is InChI=1S/C28H35FN4O5S2/c1-3-5-7-21(22(29)8-6-4-2)19-9-12-23-24(17-19)39-28(32-23)26(40(36,37)33-13-15-38-16-14-33)27(35)30-18-25(34)31-20-10-11-20/h3,5,7-9,12,17,20,26H,4,6,10-11,13-16,18H2,1-2H3,(H,30,35)(H,31,34)/b5-3-,21-7-,22-8-. The lowest BCUT2D eigenvalue weighted by Gasteiger charge is -2.29. The minimum atomic E-state index is -4.18. The van der Waals surface area contributed by atoms with Gasteiger partial charge in [-0.05, 0) is 50.0 Å². The SMILES string of the molecule is C\C=C/C=C(\C(F)=C\CCC)c1ccc2nc(C(C(=O)NCC(=O)NC3CC3)S(=O)(=O)N3CCOCC3)sc2c1. The van der Waals surface area contributed by atoms with Gasteiger partial charge in [0, 0.05) is 24.7 Å². The van der Waals surface area contributed by atoms with Crippen molar-refractivity contribution in [3.8, 4) is 0 Å². The Balaban J connectivity index is 1.68. The van der Waals surface area contributed by atoms with Gasteiger partial charge in [0.1, 0.15) is 10.8 Å². The van der Waals surface area contributed by atoms with E-state index in [2.05, 4.69) is 15.6 Å². The molecule has 1 saturated carbocycles. The lowest BCUT2D eigenvalue weighted by molar-refractivity contribution is -0.126. The number of hydrogen-bond acceptors (Lipinski definition) is 7. The lowest BCUT2D eigenvalue weighted by atomic mass is 10.0. The number of halogens is 1. The number of aromatic nitrogens is 1. The van der Waals surface area contributed by atoms with E-state index in [-0.39, 0.29) is 55.6 Å². The molecule has 0 spiro atoms. The molecule has 2 amide bonds. The first-order chi connectivity index (χ1) is 19.2. The van der Waals surface area contributed by atoms with Gasteiger partial charge in [-0.1, -0.05) is 37.6 Å². The van der Waals surface area contributed by atoms with Gasteiger partial charge in [0.2, 0.25) is 27.1 Å². The van der Waals surface area contributed by atoms with Crippen molar-refractivity contribution < 1.29 is 27.1 Å². The Labute approximate surface area is 238 Å². The number of rotatable bonds is 12. The first kappa shape index (κ1) is 30.0. The van der Waals surface area contributed by atoms with Crippen LogP contribution in [0.5, 0.6) is 0 Å². The van der Waals surface area contributed by atoms with Crippen molar-refractivity contribution >= 4 is 49.0 Å². The molecular formula is C28H35FN4O5S2. The van der Waals surface area contributed by atoms with Gasteiger partial charge in [0.05, 0.1) is 30.0 Å². The van der Waals surface area contributed by atoms with Crippen molar-refractivity contribution in [2.24, 2.45) is 0 Å². The molecule has 4 rings (SSSR count). The maximum atomic E-state index is 15.1. The van der Waals surface area contributed by atoms with Crippen LogP contribution in [0, 0.1) is 0 Å². The van der Waals surface area contributed by atoms with Crippen LogP contribution >= 0.6 is 11.3 Å². The van der Waals surface area contributed by atoms with Gasteiger partial charge < -0.3 is 15.4 Å². The summed E-state index contributed by atoms with van der Waals surface area (Å²) in [5.41, 5.74) is 1.51. The number of ether oxygens (including phenoxy) is 1. The Bertz CT molecular complexity index is 1420. The summed E-state index contributed by atoms with van der Waals surface area (Å²) in [6, 6.07) is 5.30. The highest BCUT2D eigenvalue weighted by atomic mass is 32.2. The number of allylic oxidation sites excluding steroid dienone is 6. The van der Waals surface area contributed by atoms with Crippen molar-refractivity contribution in [1.29, 1.82) is 0 Å². The normalized spacial score (nSPS) is 18.3. The smallest absolute Gasteiger partial charge is 0.247 e. The molecule has 2 N–H and O–H groups in total. The molecule has 1 aliphatic heterocycles. The topological polar surface area (TPSA) is 118 Å². The summed E-state index contributed by atoms with van der Waals surface area (Å²) >= 11 is 1.07. The second-order valence-corrected chi connectivity index (χ2v) is 12.8. The molecule has 0 radical (unpaired) electrons. The maximum absolute atomic E-state index is 15.1. The number of benzene rings is 1. The Kier molecular flexibility index (Phi) is 10.2. The molecule has 1 aliphatic carbocycles. The Morgan fingerprint density at radius 2 is 2.02 bits per heavy atom. The van der Waals surface area contributed by atoms with Crippen molar-refractivity contribution in [3.63, 3.8) is 0 Å². The molecule has 1 saturated heterocycles. The molecule has 216 valence electrons. The van der Waals surface area contributed by atoms with Crippen LogP contribution in [0.4, 0.5) is 4.39 Å². The summed E-state index contributed by atoms with van der Waals surface area (Å²) < 4.78 is 49.7. The summed E-state index contributed by atoms with van der Waals surface area (Å²) in [6.07, 6.45) is 10.00. The van der Waals surface area contributed by atoms with Crippen molar-refractivity contribution in [2.45, 2.75) is 50.8 Å². The monoisotopic (exact) mass is 590 g/mol. The van der Waals surface area contributed by atoms with Gasteiger partial charge in [-0.2, -0.15) is 4.31 Å². The summed E-state index contributed by atoms with van der Waals surface area (Å²) in [5, 5.41) is 3.72. The first-order valence-electron chi connectivity index (χ1n) is 13.5. The van der Waals surface area contributed by atoms with Crippen molar-refractivity contribution in [1.82, 2.24) is 19.9 Å². The van der Waals surface area contributed by atoms with Gasteiger partial charge in [-0.3, -0.25) is 9.59 Å². The summed E-state index contributed by atoms with van der Waals surface area (Å²) in [7, 11) is -4.18. The lowest BCUT2D eigenvalue weighted by Crippen LogP contribution is -2.47. The Morgan fingerprint density at radius 1 is 1.27 bits per heavy atom. The highest BCUT2D eigenvalue weighted by Gasteiger charge is 2.42. The minimum absolute atomic E-state index is 0.0831. The van der Waals surface area contributed by atoms with E-state index in [1.807, 2.05) is 13.8 Å². The third-order valence-corrected chi connectivity index (χ3v) is 9.85. The zero-order valence-corrected chi connectivity index (χ0v) is 24.3. The van der Waals surface area contributed by atoms with Gasteiger partial charge in [0.15, 0.2) is 0 Å². The van der Waals surface area contributed by atoms with Crippen LogP contribution in [0.25, 0.3) is 15.8 Å². The number of fused-ring (bicyclic) bond motifs is 1. The molecule has 2 aromatic rings. The molecule has 2 heterocycles. The first-order valence-corrected chi connectivity index (χ1v) is 15.8. The number of hydrogen-bond donors (Lipinski definition) is 2. The number of nitrogens with one attached hydrogen (secondary N) is 2. The largest absolute Gasteiger partial charge is 0.379 e. The molecule has 40 heavy (non-hydrogen) atoms. The van der Waals surface area contributed by atoms with E-state index in [1.165, 1.54) is 4.31 Å². The quantitative estimate of drug-likeness (QED) is 0.361. The number of carbonyl (C=O) groups excluding carboxylic acids is 2. The van der Waals surface area contributed by atoms with Crippen LogP contribution in [0.1, 0.15) is 55.4 Å². The molecule has 9 nitrogen and oxygen atoms in total. The number of nitrogens with zero attached hydrogens (tertiary/aromatic N) is 2.